The summed E-state index contributed by atoms with van der Waals surface area (Å²) in [4.78, 5) is 8.69. The molecule has 0 saturated heterocycles. The number of nitrogens with one attached hydrogen (secondary N) is 1. The van der Waals surface area contributed by atoms with E-state index in [0.29, 0.717) is 18.1 Å². The minimum atomic E-state index is -0.637. The molecule has 4 aromatic rings. The van der Waals surface area contributed by atoms with Gasteiger partial charge in [0.25, 0.3) is 0 Å². The number of furan rings is 2. The van der Waals surface area contributed by atoms with E-state index in [1.807, 2.05) is 43.3 Å². The van der Waals surface area contributed by atoms with Crippen LogP contribution < -0.4 is 5.32 Å². The third-order valence-electron chi connectivity index (χ3n) is 4.18. The highest BCUT2D eigenvalue weighted by Crippen LogP contribution is 2.29. The van der Waals surface area contributed by atoms with Crippen LogP contribution in [0.3, 0.4) is 0 Å². The molecule has 0 saturated carbocycles. The predicted molar refractivity (Wildman–Crippen MR) is 98.6 cm³/mol. The fraction of sp³-hybridized carbons (Fsp3) is 0.200. The number of rotatable bonds is 5. The standard InChI is InChI=1S/C20H19N3O3/c1-12-3-5-15(25-12)10-21-20-16-9-14(4-6-17(16)22-11-23-20)19-8-7-18(26-19)13(2)24/h3-9,11,13,24H,10H2,1-2H3,(H,21,22,23)/t13-/m1/s1. The van der Waals surface area contributed by atoms with Crippen LogP contribution in [0.2, 0.25) is 0 Å². The molecule has 3 aromatic heterocycles. The van der Waals surface area contributed by atoms with Crippen LogP contribution in [-0.4, -0.2) is 15.1 Å². The van der Waals surface area contributed by atoms with Gasteiger partial charge in [-0.25, -0.2) is 9.97 Å². The van der Waals surface area contributed by atoms with Crippen molar-refractivity contribution in [1.82, 2.24) is 9.97 Å². The third kappa shape index (κ3) is 3.19. The maximum absolute atomic E-state index is 9.65. The van der Waals surface area contributed by atoms with Crippen molar-refractivity contribution in [2.75, 3.05) is 5.32 Å². The van der Waals surface area contributed by atoms with Crippen molar-refractivity contribution in [3.05, 3.63) is 66.1 Å². The van der Waals surface area contributed by atoms with Gasteiger partial charge in [0.1, 0.15) is 41.3 Å². The van der Waals surface area contributed by atoms with Crippen molar-refractivity contribution in [3.63, 3.8) is 0 Å². The van der Waals surface area contributed by atoms with Gasteiger partial charge in [-0.15, -0.1) is 0 Å². The summed E-state index contributed by atoms with van der Waals surface area (Å²) in [5, 5.41) is 13.8. The lowest BCUT2D eigenvalue weighted by molar-refractivity contribution is 0.170. The molecule has 1 atom stereocenters. The van der Waals surface area contributed by atoms with Gasteiger partial charge in [0.05, 0.1) is 12.1 Å². The number of fused-ring (bicyclic) bond motifs is 1. The van der Waals surface area contributed by atoms with E-state index in [0.717, 1.165) is 33.8 Å². The normalized spacial score (nSPS) is 12.4. The van der Waals surface area contributed by atoms with Crippen LogP contribution in [0, 0.1) is 6.92 Å². The average molecular weight is 349 g/mol. The van der Waals surface area contributed by atoms with E-state index in [1.165, 1.54) is 6.33 Å². The molecular weight excluding hydrogens is 330 g/mol. The van der Waals surface area contributed by atoms with Crippen LogP contribution in [0.15, 0.2) is 57.6 Å². The molecule has 0 unspecified atom stereocenters. The topological polar surface area (TPSA) is 84.3 Å². The summed E-state index contributed by atoms with van der Waals surface area (Å²) in [6.45, 7) is 4.13. The zero-order valence-electron chi connectivity index (χ0n) is 14.6. The highest BCUT2D eigenvalue weighted by atomic mass is 16.4. The first-order valence-corrected chi connectivity index (χ1v) is 8.42. The van der Waals surface area contributed by atoms with Crippen LogP contribution in [0.25, 0.3) is 22.2 Å². The molecule has 0 spiro atoms. The number of anilines is 1. The second-order valence-electron chi connectivity index (χ2n) is 6.20. The fourth-order valence-corrected chi connectivity index (χ4v) is 2.83. The van der Waals surface area contributed by atoms with Crippen LogP contribution in [-0.2, 0) is 6.54 Å². The van der Waals surface area contributed by atoms with Gasteiger partial charge in [-0.2, -0.15) is 0 Å². The molecule has 1 aromatic carbocycles. The summed E-state index contributed by atoms with van der Waals surface area (Å²) >= 11 is 0. The van der Waals surface area contributed by atoms with Crippen molar-refractivity contribution in [2.45, 2.75) is 26.5 Å². The molecular formula is C20H19N3O3. The SMILES string of the molecule is Cc1ccc(CNc2ncnc3ccc(-c4ccc([C@@H](C)O)o4)cc23)o1. The molecule has 0 bridgehead atoms. The molecule has 2 N–H and O–H groups in total. The maximum Gasteiger partial charge on any atom is 0.137 e. The van der Waals surface area contributed by atoms with Gasteiger partial charge in [-0.3, -0.25) is 0 Å². The Morgan fingerprint density at radius 1 is 1.08 bits per heavy atom. The molecule has 0 aliphatic carbocycles. The van der Waals surface area contributed by atoms with Crippen molar-refractivity contribution >= 4 is 16.7 Å². The lowest BCUT2D eigenvalue weighted by atomic mass is 10.1. The number of hydrogen-bond acceptors (Lipinski definition) is 6. The van der Waals surface area contributed by atoms with Crippen LogP contribution in [0.5, 0.6) is 0 Å². The van der Waals surface area contributed by atoms with Gasteiger partial charge in [-0.05, 0) is 56.3 Å². The van der Waals surface area contributed by atoms with Gasteiger partial charge in [0.15, 0.2) is 0 Å². The minimum absolute atomic E-state index is 0.538. The van der Waals surface area contributed by atoms with E-state index in [1.54, 1.807) is 13.0 Å². The summed E-state index contributed by atoms with van der Waals surface area (Å²) in [6.07, 6.45) is 0.900. The Labute approximate surface area is 150 Å². The van der Waals surface area contributed by atoms with Crippen LogP contribution in [0.1, 0.15) is 30.3 Å². The van der Waals surface area contributed by atoms with Crippen LogP contribution in [0.4, 0.5) is 5.82 Å². The molecule has 0 aliphatic rings. The number of aromatic nitrogens is 2. The second kappa shape index (κ2) is 6.65. The highest BCUT2D eigenvalue weighted by molar-refractivity contribution is 5.92. The Morgan fingerprint density at radius 2 is 1.96 bits per heavy atom. The molecule has 132 valence electrons. The van der Waals surface area contributed by atoms with Crippen molar-refractivity contribution in [3.8, 4) is 11.3 Å². The van der Waals surface area contributed by atoms with E-state index in [4.69, 9.17) is 8.83 Å². The molecule has 0 amide bonds. The van der Waals surface area contributed by atoms with Gasteiger partial charge < -0.3 is 19.3 Å². The van der Waals surface area contributed by atoms with Gasteiger partial charge in [0.2, 0.25) is 0 Å². The van der Waals surface area contributed by atoms with E-state index < -0.39 is 6.10 Å². The van der Waals surface area contributed by atoms with Crippen molar-refractivity contribution < 1.29 is 13.9 Å². The number of aliphatic hydroxyl groups excluding tert-OH is 1. The fourth-order valence-electron chi connectivity index (χ4n) is 2.83. The number of aliphatic hydroxyl groups is 1. The lowest BCUT2D eigenvalue weighted by Crippen LogP contribution is -2.01. The van der Waals surface area contributed by atoms with Gasteiger partial charge in [0, 0.05) is 10.9 Å². The number of benzene rings is 1. The largest absolute Gasteiger partial charge is 0.465 e. The van der Waals surface area contributed by atoms with E-state index in [9.17, 15) is 5.11 Å². The first-order chi connectivity index (χ1) is 12.6. The number of hydrogen-bond donors (Lipinski definition) is 2. The Hall–Kier alpha value is -3.12. The molecule has 26 heavy (non-hydrogen) atoms. The Morgan fingerprint density at radius 3 is 2.69 bits per heavy atom. The summed E-state index contributed by atoms with van der Waals surface area (Å²) in [7, 11) is 0. The molecule has 3 heterocycles. The smallest absolute Gasteiger partial charge is 0.137 e. The zero-order chi connectivity index (χ0) is 18.1. The lowest BCUT2D eigenvalue weighted by Gasteiger charge is -2.08. The highest BCUT2D eigenvalue weighted by Gasteiger charge is 2.11. The van der Waals surface area contributed by atoms with E-state index in [-0.39, 0.29) is 0 Å². The Bertz CT molecular complexity index is 1050. The average Bonchev–Trinajstić information content (AvgIpc) is 3.29. The summed E-state index contributed by atoms with van der Waals surface area (Å²) in [5.41, 5.74) is 1.74. The molecule has 6 heteroatoms. The van der Waals surface area contributed by atoms with Crippen molar-refractivity contribution in [1.29, 1.82) is 0 Å². The summed E-state index contributed by atoms with van der Waals surface area (Å²) in [6, 6.07) is 13.4. The Kier molecular flexibility index (Phi) is 4.18. The van der Waals surface area contributed by atoms with Crippen molar-refractivity contribution in [2.24, 2.45) is 0 Å². The Balaban J connectivity index is 1.67. The molecule has 0 radical (unpaired) electrons. The monoisotopic (exact) mass is 349 g/mol. The summed E-state index contributed by atoms with van der Waals surface area (Å²) in [5.74, 6) is 3.69. The molecule has 0 fully saturated rings. The molecule has 0 aliphatic heterocycles. The molecule has 4 rings (SSSR count). The van der Waals surface area contributed by atoms with Crippen LogP contribution >= 0.6 is 0 Å². The first-order valence-electron chi connectivity index (χ1n) is 8.42. The number of nitrogens with zero attached hydrogens (tertiary/aromatic N) is 2. The first kappa shape index (κ1) is 16.4. The molecule has 6 nitrogen and oxygen atoms in total. The second-order valence-corrected chi connectivity index (χ2v) is 6.20. The van der Waals surface area contributed by atoms with E-state index in [2.05, 4.69) is 15.3 Å². The quantitative estimate of drug-likeness (QED) is 0.553. The summed E-state index contributed by atoms with van der Waals surface area (Å²) < 4.78 is 11.3. The number of aryl methyl sites for hydroxylation is 1. The van der Waals surface area contributed by atoms with Gasteiger partial charge >= 0.3 is 0 Å². The predicted octanol–water partition coefficient (Wildman–Crippen LogP) is 4.46. The third-order valence-corrected chi connectivity index (χ3v) is 4.18. The van der Waals surface area contributed by atoms with E-state index >= 15 is 0 Å². The maximum atomic E-state index is 9.65. The van der Waals surface area contributed by atoms with Gasteiger partial charge in [-0.1, -0.05) is 0 Å². The zero-order valence-corrected chi connectivity index (χ0v) is 14.6. The minimum Gasteiger partial charge on any atom is -0.465 e.